The first kappa shape index (κ1) is 22.7. The van der Waals surface area contributed by atoms with Gasteiger partial charge in [-0.3, -0.25) is 9.59 Å². The first-order valence-corrected chi connectivity index (χ1v) is 10.5. The summed E-state index contributed by atoms with van der Waals surface area (Å²) in [6, 6.07) is 7.35. The Labute approximate surface area is 175 Å². The first-order valence-electron chi connectivity index (χ1n) is 10.5. The molecule has 2 unspecified atom stereocenters. The fraction of sp³-hybridized carbons (Fsp3) is 0.636. The summed E-state index contributed by atoms with van der Waals surface area (Å²) in [5.41, 5.74) is 1.47. The van der Waals surface area contributed by atoms with E-state index in [1.165, 1.54) is 25.7 Å². The number of hydrogen-bond donors (Lipinski definition) is 2. The normalized spacial score (nSPS) is 21.2. The smallest absolute Gasteiger partial charge is 0.253 e. The van der Waals surface area contributed by atoms with E-state index in [0.717, 1.165) is 44.7 Å². The highest BCUT2D eigenvalue weighted by molar-refractivity contribution is 5.95. The fourth-order valence-electron chi connectivity index (χ4n) is 4.19. The maximum atomic E-state index is 12.6. The van der Waals surface area contributed by atoms with E-state index in [9.17, 15) is 9.59 Å². The highest BCUT2D eigenvalue weighted by Crippen LogP contribution is 2.23. The zero-order valence-corrected chi connectivity index (χ0v) is 17.7. The van der Waals surface area contributed by atoms with Crippen LogP contribution in [0.15, 0.2) is 24.3 Å². The molecule has 0 radical (unpaired) electrons. The predicted molar refractivity (Wildman–Crippen MR) is 116 cm³/mol. The highest BCUT2D eigenvalue weighted by atomic mass is 35.5. The van der Waals surface area contributed by atoms with Gasteiger partial charge in [0.15, 0.2) is 0 Å². The number of anilines is 1. The van der Waals surface area contributed by atoms with E-state index < -0.39 is 0 Å². The molecule has 2 N–H and O–H groups in total. The molecule has 2 atom stereocenters. The van der Waals surface area contributed by atoms with Crippen molar-refractivity contribution in [2.45, 2.75) is 51.9 Å². The Morgan fingerprint density at radius 3 is 2.39 bits per heavy atom. The summed E-state index contributed by atoms with van der Waals surface area (Å²) < 4.78 is 0. The lowest BCUT2D eigenvalue weighted by molar-refractivity contribution is -0.117. The summed E-state index contributed by atoms with van der Waals surface area (Å²) in [7, 11) is 0. The number of nitrogens with one attached hydrogen (secondary N) is 2. The fourth-order valence-corrected chi connectivity index (χ4v) is 4.19. The van der Waals surface area contributed by atoms with E-state index in [1.807, 2.05) is 29.2 Å². The largest absolute Gasteiger partial charge is 0.339 e. The number of halogens is 1. The van der Waals surface area contributed by atoms with Crippen molar-refractivity contribution in [3.8, 4) is 0 Å². The molecule has 2 heterocycles. The lowest BCUT2D eigenvalue weighted by Gasteiger charge is -2.28. The molecule has 0 aliphatic carbocycles. The molecule has 5 nitrogen and oxygen atoms in total. The number of benzene rings is 1. The summed E-state index contributed by atoms with van der Waals surface area (Å²) in [6.07, 6.45) is 7.55. The molecule has 2 saturated heterocycles. The Kier molecular flexibility index (Phi) is 9.26. The van der Waals surface area contributed by atoms with Gasteiger partial charge >= 0.3 is 0 Å². The SMILES string of the molecule is CC(CC(=O)Nc1ccc(C(=O)N2CCCCCC2)cc1)C1CCCNC1.Cl. The molecule has 0 spiro atoms. The predicted octanol–water partition coefficient (Wildman–Crippen LogP) is 4.09. The quantitative estimate of drug-likeness (QED) is 0.772. The van der Waals surface area contributed by atoms with E-state index >= 15 is 0 Å². The van der Waals surface area contributed by atoms with Gasteiger partial charge in [0, 0.05) is 30.8 Å². The van der Waals surface area contributed by atoms with Crippen molar-refractivity contribution in [1.29, 1.82) is 0 Å². The number of carbonyl (C=O) groups excluding carboxylic acids is 2. The van der Waals surface area contributed by atoms with Crippen LogP contribution in [0.2, 0.25) is 0 Å². The van der Waals surface area contributed by atoms with Crippen molar-refractivity contribution in [3.05, 3.63) is 29.8 Å². The zero-order valence-electron chi connectivity index (χ0n) is 16.9. The van der Waals surface area contributed by atoms with Gasteiger partial charge in [0.1, 0.15) is 0 Å². The van der Waals surface area contributed by atoms with Crippen LogP contribution in [-0.4, -0.2) is 42.9 Å². The van der Waals surface area contributed by atoms with Crippen LogP contribution in [-0.2, 0) is 4.79 Å². The van der Waals surface area contributed by atoms with Crippen LogP contribution in [0.1, 0.15) is 62.2 Å². The topological polar surface area (TPSA) is 61.4 Å². The summed E-state index contributed by atoms with van der Waals surface area (Å²) in [4.78, 5) is 27.0. The third kappa shape index (κ3) is 6.49. The summed E-state index contributed by atoms with van der Waals surface area (Å²) in [6.45, 7) is 5.98. The van der Waals surface area contributed by atoms with Gasteiger partial charge in [0.05, 0.1) is 0 Å². The molecular formula is C22H34ClN3O2. The molecule has 156 valence electrons. The van der Waals surface area contributed by atoms with Gasteiger partial charge in [0.2, 0.25) is 5.91 Å². The third-order valence-corrected chi connectivity index (χ3v) is 5.96. The Balaban J connectivity index is 0.00000280. The van der Waals surface area contributed by atoms with Crippen molar-refractivity contribution in [3.63, 3.8) is 0 Å². The molecule has 3 rings (SSSR count). The number of hydrogen-bond acceptors (Lipinski definition) is 3. The molecule has 2 aliphatic heterocycles. The number of nitrogens with zero attached hydrogens (tertiary/aromatic N) is 1. The third-order valence-electron chi connectivity index (χ3n) is 5.96. The van der Waals surface area contributed by atoms with Gasteiger partial charge in [-0.05, 0) is 74.9 Å². The number of piperidine rings is 1. The van der Waals surface area contributed by atoms with Crippen molar-refractivity contribution in [2.75, 3.05) is 31.5 Å². The van der Waals surface area contributed by atoms with Crippen LogP contribution in [0.3, 0.4) is 0 Å². The first-order chi connectivity index (χ1) is 13.1. The van der Waals surface area contributed by atoms with Crippen molar-refractivity contribution in [2.24, 2.45) is 11.8 Å². The second kappa shape index (κ2) is 11.4. The molecule has 0 saturated carbocycles. The van der Waals surface area contributed by atoms with E-state index in [1.54, 1.807) is 0 Å². The Morgan fingerprint density at radius 2 is 1.79 bits per heavy atom. The summed E-state index contributed by atoms with van der Waals surface area (Å²) in [5, 5.41) is 6.40. The second-order valence-corrected chi connectivity index (χ2v) is 8.12. The summed E-state index contributed by atoms with van der Waals surface area (Å²) >= 11 is 0. The minimum absolute atomic E-state index is 0. The number of rotatable bonds is 5. The minimum atomic E-state index is 0. The highest BCUT2D eigenvalue weighted by Gasteiger charge is 2.22. The number of amides is 2. The maximum Gasteiger partial charge on any atom is 0.253 e. The molecular weight excluding hydrogens is 374 g/mol. The van der Waals surface area contributed by atoms with Gasteiger partial charge in [-0.2, -0.15) is 0 Å². The molecule has 28 heavy (non-hydrogen) atoms. The molecule has 1 aromatic rings. The molecule has 2 amide bonds. The molecule has 0 bridgehead atoms. The van der Waals surface area contributed by atoms with Crippen molar-refractivity contribution >= 4 is 29.9 Å². The van der Waals surface area contributed by atoms with Crippen LogP contribution in [0, 0.1) is 11.8 Å². The van der Waals surface area contributed by atoms with E-state index in [-0.39, 0.29) is 24.2 Å². The van der Waals surface area contributed by atoms with Crippen LogP contribution < -0.4 is 10.6 Å². The Morgan fingerprint density at radius 1 is 1.11 bits per heavy atom. The van der Waals surface area contributed by atoms with E-state index in [0.29, 0.717) is 23.8 Å². The lowest BCUT2D eigenvalue weighted by Crippen LogP contribution is -2.34. The van der Waals surface area contributed by atoms with Gasteiger partial charge in [0.25, 0.3) is 5.91 Å². The standard InChI is InChI=1S/C22H33N3O2.ClH/c1-17(19-7-6-12-23-16-19)15-21(26)24-20-10-8-18(9-11-20)22(27)25-13-4-2-3-5-14-25;/h8-11,17,19,23H,2-7,12-16H2,1H3,(H,24,26);1H. The minimum Gasteiger partial charge on any atom is -0.339 e. The van der Waals surface area contributed by atoms with Crippen molar-refractivity contribution in [1.82, 2.24) is 10.2 Å². The number of likely N-dealkylation sites (tertiary alicyclic amines) is 1. The van der Waals surface area contributed by atoms with Gasteiger partial charge < -0.3 is 15.5 Å². The van der Waals surface area contributed by atoms with E-state index in [2.05, 4.69) is 17.6 Å². The van der Waals surface area contributed by atoms with Crippen LogP contribution in [0.5, 0.6) is 0 Å². The maximum absolute atomic E-state index is 12.6. The lowest BCUT2D eigenvalue weighted by atomic mass is 9.85. The molecule has 2 fully saturated rings. The molecule has 0 aromatic heterocycles. The van der Waals surface area contributed by atoms with Gasteiger partial charge in [-0.15, -0.1) is 12.4 Å². The number of carbonyl (C=O) groups is 2. The second-order valence-electron chi connectivity index (χ2n) is 8.12. The molecule has 6 heteroatoms. The average molecular weight is 408 g/mol. The Hall–Kier alpha value is -1.59. The average Bonchev–Trinajstić information content (AvgIpc) is 2.98. The van der Waals surface area contributed by atoms with Crippen molar-refractivity contribution < 1.29 is 9.59 Å². The summed E-state index contributed by atoms with van der Waals surface area (Å²) in [5.74, 6) is 1.12. The monoisotopic (exact) mass is 407 g/mol. The zero-order chi connectivity index (χ0) is 19.1. The molecule has 2 aliphatic rings. The van der Waals surface area contributed by atoms with Crippen LogP contribution in [0.4, 0.5) is 5.69 Å². The molecule has 1 aromatic carbocycles. The van der Waals surface area contributed by atoms with Crippen LogP contribution >= 0.6 is 12.4 Å². The Bertz CT molecular complexity index is 621. The van der Waals surface area contributed by atoms with Gasteiger partial charge in [-0.1, -0.05) is 19.8 Å². The van der Waals surface area contributed by atoms with Crippen LogP contribution in [0.25, 0.3) is 0 Å². The van der Waals surface area contributed by atoms with Gasteiger partial charge in [-0.25, -0.2) is 0 Å². The van der Waals surface area contributed by atoms with E-state index in [4.69, 9.17) is 0 Å².